The van der Waals surface area contributed by atoms with E-state index in [-0.39, 0.29) is 0 Å². The fourth-order valence-electron chi connectivity index (χ4n) is 1.74. The number of hydrogen-bond acceptors (Lipinski definition) is 2. The van der Waals surface area contributed by atoms with Gasteiger partial charge < -0.3 is 10.4 Å². The summed E-state index contributed by atoms with van der Waals surface area (Å²) in [6.07, 6.45) is 2.47. The fourth-order valence-corrected chi connectivity index (χ4v) is 1.74. The first-order valence-corrected chi connectivity index (χ1v) is 6.12. The Labute approximate surface area is 98.7 Å². The molecule has 0 aliphatic rings. The van der Waals surface area contributed by atoms with Gasteiger partial charge in [-0.2, -0.15) is 0 Å². The van der Waals surface area contributed by atoms with Crippen LogP contribution in [0.15, 0.2) is 24.3 Å². The van der Waals surface area contributed by atoms with Gasteiger partial charge in [-0.3, -0.25) is 0 Å². The third kappa shape index (κ3) is 4.67. The molecule has 2 N–H and O–H groups in total. The van der Waals surface area contributed by atoms with E-state index in [9.17, 15) is 5.11 Å². The molecule has 0 aliphatic carbocycles. The average Bonchev–Trinajstić information content (AvgIpc) is 2.24. The molecule has 0 heterocycles. The largest absolute Gasteiger partial charge is 0.508 e. The summed E-state index contributed by atoms with van der Waals surface area (Å²) < 4.78 is 0. The van der Waals surface area contributed by atoms with Crippen molar-refractivity contribution in [2.45, 2.75) is 39.7 Å². The molecule has 1 rings (SSSR count). The zero-order chi connectivity index (χ0) is 12.0. The molecule has 1 unspecified atom stereocenters. The molecule has 0 aliphatic heterocycles. The van der Waals surface area contributed by atoms with Crippen molar-refractivity contribution in [1.82, 2.24) is 5.32 Å². The second kappa shape index (κ2) is 6.54. The predicted molar refractivity (Wildman–Crippen MR) is 68.6 cm³/mol. The molecule has 0 fully saturated rings. The Kier molecular flexibility index (Phi) is 5.33. The van der Waals surface area contributed by atoms with Gasteiger partial charge in [0.25, 0.3) is 0 Å². The van der Waals surface area contributed by atoms with E-state index in [0.717, 1.165) is 18.0 Å². The summed E-state index contributed by atoms with van der Waals surface area (Å²) in [5, 5.41) is 12.8. The minimum atomic E-state index is 0.305. The van der Waals surface area contributed by atoms with Gasteiger partial charge in [0.2, 0.25) is 0 Å². The molecular formula is C14H23NO. The highest BCUT2D eigenvalue weighted by molar-refractivity contribution is 5.28. The van der Waals surface area contributed by atoms with Crippen LogP contribution in [-0.4, -0.2) is 11.7 Å². The SMILES string of the molecule is CC(C)CCCNC(C)c1cccc(O)c1. The van der Waals surface area contributed by atoms with Crippen LogP contribution in [0.1, 0.15) is 45.2 Å². The van der Waals surface area contributed by atoms with Gasteiger partial charge in [-0.15, -0.1) is 0 Å². The molecule has 0 bridgehead atoms. The van der Waals surface area contributed by atoms with Gasteiger partial charge in [-0.1, -0.05) is 26.0 Å². The van der Waals surface area contributed by atoms with Crippen molar-refractivity contribution >= 4 is 0 Å². The summed E-state index contributed by atoms with van der Waals surface area (Å²) in [6, 6.07) is 7.76. The number of phenols is 1. The molecule has 2 nitrogen and oxygen atoms in total. The van der Waals surface area contributed by atoms with Crippen molar-refractivity contribution in [1.29, 1.82) is 0 Å². The maximum Gasteiger partial charge on any atom is 0.115 e. The van der Waals surface area contributed by atoms with Crippen molar-refractivity contribution in [3.63, 3.8) is 0 Å². The van der Waals surface area contributed by atoms with Crippen molar-refractivity contribution in [2.75, 3.05) is 6.54 Å². The first kappa shape index (κ1) is 13.0. The van der Waals surface area contributed by atoms with Crippen LogP contribution in [0.25, 0.3) is 0 Å². The molecule has 1 aromatic rings. The molecule has 0 amide bonds. The Hall–Kier alpha value is -1.02. The van der Waals surface area contributed by atoms with Crippen LogP contribution in [0.2, 0.25) is 0 Å². The lowest BCUT2D eigenvalue weighted by Gasteiger charge is -2.14. The normalized spacial score (nSPS) is 13.0. The van der Waals surface area contributed by atoms with Crippen LogP contribution in [-0.2, 0) is 0 Å². The molecule has 90 valence electrons. The summed E-state index contributed by atoms with van der Waals surface area (Å²) in [4.78, 5) is 0. The summed E-state index contributed by atoms with van der Waals surface area (Å²) in [7, 11) is 0. The summed E-state index contributed by atoms with van der Waals surface area (Å²) in [5.41, 5.74) is 1.14. The van der Waals surface area contributed by atoms with E-state index in [0.29, 0.717) is 11.8 Å². The topological polar surface area (TPSA) is 32.3 Å². The van der Waals surface area contributed by atoms with E-state index in [1.807, 2.05) is 18.2 Å². The highest BCUT2D eigenvalue weighted by Crippen LogP contribution is 2.17. The van der Waals surface area contributed by atoms with Gasteiger partial charge >= 0.3 is 0 Å². The minimum absolute atomic E-state index is 0.305. The highest BCUT2D eigenvalue weighted by atomic mass is 16.3. The number of rotatable bonds is 6. The Morgan fingerprint density at radius 1 is 1.25 bits per heavy atom. The van der Waals surface area contributed by atoms with Crippen molar-refractivity contribution in [2.24, 2.45) is 5.92 Å². The second-order valence-corrected chi connectivity index (χ2v) is 4.81. The average molecular weight is 221 g/mol. The molecule has 0 aromatic heterocycles. The van der Waals surface area contributed by atoms with Gasteiger partial charge in [-0.05, 0) is 49.9 Å². The minimum Gasteiger partial charge on any atom is -0.508 e. The maximum absolute atomic E-state index is 9.38. The van der Waals surface area contributed by atoms with E-state index in [4.69, 9.17) is 0 Å². The quantitative estimate of drug-likeness (QED) is 0.721. The van der Waals surface area contributed by atoms with E-state index < -0.39 is 0 Å². The van der Waals surface area contributed by atoms with Crippen LogP contribution in [0, 0.1) is 5.92 Å². The van der Waals surface area contributed by atoms with E-state index in [1.165, 1.54) is 12.8 Å². The van der Waals surface area contributed by atoms with E-state index in [2.05, 4.69) is 26.1 Å². The van der Waals surface area contributed by atoms with Crippen molar-refractivity contribution in [3.8, 4) is 5.75 Å². The zero-order valence-electron chi connectivity index (χ0n) is 10.5. The lowest BCUT2D eigenvalue weighted by molar-refractivity contribution is 0.470. The lowest BCUT2D eigenvalue weighted by Crippen LogP contribution is -2.20. The molecular weight excluding hydrogens is 198 g/mol. The molecule has 1 aromatic carbocycles. The molecule has 0 saturated heterocycles. The Morgan fingerprint density at radius 3 is 2.62 bits per heavy atom. The Bertz CT molecular complexity index is 309. The van der Waals surface area contributed by atoms with E-state index in [1.54, 1.807) is 6.07 Å². The predicted octanol–water partition coefficient (Wildman–Crippen LogP) is 3.48. The smallest absolute Gasteiger partial charge is 0.115 e. The van der Waals surface area contributed by atoms with Gasteiger partial charge in [0, 0.05) is 6.04 Å². The second-order valence-electron chi connectivity index (χ2n) is 4.81. The third-order valence-electron chi connectivity index (χ3n) is 2.78. The number of hydrogen-bond donors (Lipinski definition) is 2. The molecule has 16 heavy (non-hydrogen) atoms. The standard InChI is InChI=1S/C14H23NO/c1-11(2)6-5-9-15-12(3)13-7-4-8-14(16)10-13/h4,7-8,10-12,15-16H,5-6,9H2,1-3H3. The third-order valence-corrected chi connectivity index (χ3v) is 2.78. The summed E-state index contributed by atoms with van der Waals surface area (Å²) in [5.74, 6) is 1.12. The van der Waals surface area contributed by atoms with Crippen LogP contribution < -0.4 is 5.32 Å². The first-order chi connectivity index (χ1) is 7.59. The zero-order valence-corrected chi connectivity index (χ0v) is 10.5. The van der Waals surface area contributed by atoms with Crippen LogP contribution >= 0.6 is 0 Å². The lowest BCUT2D eigenvalue weighted by atomic mass is 10.1. The maximum atomic E-state index is 9.38. The number of benzene rings is 1. The number of aromatic hydroxyl groups is 1. The number of phenolic OH excluding ortho intramolecular Hbond substituents is 1. The van der Waals surface area contributed by atoms with E-state index >= 15 is 0 Å². The monoisotopic (exact) mass is 221 g/mol. The Morgan fingerprint density at radius 2 is 2.00 bits per heavy atom. The molecule has 0 saturated carbocycles. The van der Waals surface area contributed by atoms with Gasteiger partial charge in [0.1, 0.15) is 5.75 Å². The first-order valence-electron chi connectivity index (χ1n) is 6.12. The highest BCUT2D eigenvalue weighted by Gasteiger charge is 2.04. The fraction of sp³-hybridized carbons (Fsp3) is 0.571. The molecule has 2 heteroatoms. The van der Waals surface area contributed by atoms with Gasteiger partial charge in [0.05, 0.1) is 0 Å². The summed E-state index contributed by atoms with van der Waals surface area (Å²) in [6.45, 7) is 7.66. The van der Waals surface area contributed by atoms with Crippen molar-refractivity contribution in [3.05, 3.63) is 29.8 Å². The van der Waals surface area contributed by atoms with Crippen LogP contribution in [0.5, 0.6) is 5.75 Å². The van der Waals surface area contributed by atoms with Crippen LogP contribution in [0.4, 0.5) is 0 Å². The van der Waals surface area contributed by atoms with Crippen LogP contribution in [0.3, 0.4) is 0 Å². The molecule has 0 radical (unpaired) electrons. The summed E-state index contributed by atoms with van der Waals surface area (Å²) >= 11 is 0. The van der Waals surface area contributed by atoms with Crippen molar-refractivity contribution < 1.29 is 5.11 Å². The number of nitrogens with one attached hydrogen (secondary N) is 1. The Balaban J connectivity index is 2.32. The molecule has 1 atom stereocenters. The van der Waals surface area contributed by atoms with Gasteiger partial charge in [-0.25, -0.2) is 0 Å². The molecule has 0 spiro atoms. The van der Waals surface area contributed by atoms with Gasteiger partial charge in [0.15, 0.2) is 0 Å².